The number of nitrogens with one attached hydrogen (secondary N) is 2. The second-order valence-corrected chi connectivity index (χ2v) is 5.44. The first-order valence-corrected chi connectivity index (χ1v) is 7.54. The third-order valence-electron chi connectivity index (χ3n) is 2.87. The van der Waals surface area contributed by atoms with Crippen LogP contribution >= 0.6 is 15.9 Å². The molecule has 2 N–H and O–H groups in total. The van der Waals surface area contributed by atoms with Gasteiger partial charge in [-0.15, -0.1) is 0 Å². The van der Waals surface area contributed by atoms with Gasteiger partial charge in [-0.25, -0.2) is 4.98 Å². The van der Waals surface area contributed by atoms with Crippen LogP contribution in [0.4, 0.5) is 11.8 Å². The lowest BCUT2D eigenvalue weighted by Gasteiger charge is -2.09. The number of benzene rings is 1. The van der Waals surface area contributed by atoms with Gasteiger partial charge < -0.3 is 10.6 Å². The highest BCUT2D eigenvalue weighted by Gasteiger charge is 2.04. The van der Waals surface area contributed by atoms with Crippen LogP contribution in [0.25, 0.3) is 0 Å². The van der Waals surface area contributed by atoms with Gasteiger partial charge in [0.15, 0.2) is 0 Å². The van der Waals surface area contributed by atoms with Crippen LogP contribution < -0.4 is 10.6 Å². The van der Waals surface area contributed by atoms with E-state index in [9.17, 15) is 0 Å². The molecule has 20 heavy (non-hydrogen) atoms. The molecule has 0 amide bonds. The molecular weight excluding hydrogens is 316 g/mol. The third kappa shape index (κ3) is 4.20. The molecule has 2 rings (SSSR count). The molecule has 0 bridgehead atoms. The molecule has 0 spiro atoms. The van der Waals surface area contributed by atoms with Crippen molar-refractivity contribution in [1.82, 2.24) is 9.97 Å². The molecule has 0 aliphatic carbocycles. The van der Waals surface area contributed by atoms with Gasteiger partial charge in [-0.3, -0.25) is 0 Å². The van der Waals surface area contributed by atoms with Crippen molar-refractivity contribution in [1.29, 1.82) is 0 Å². The predicted molar refractivity (Wildman–Crippen MR) is 87.3 cm³/mol. The minimum atomic E-state index is 0.647. The van der Waals surface area contributed by atoms with Crippen molar-refractivity contribution in [3.8, 4) is 0 Å². The molecule has 0 radical (unpaired) electrons. The summed E-state index contributed by atoms with van der Waals surface area (Å²) in [5.74, 6) is 1.47. The van der Waals surface area contributed by atoms with E-state index in [0.717, 1.165) is 29.8 Å². The lowest BCUT2D eigenvalue weighted by molar-refractivity contribution is 0.989. The van der Waals surface area contributed by atoms with E-state index in [1.807, 2.05) is 6.92 Å². The monoisotopic (exact) mass is 334 g/mol. The molecule has 5 heteroatoms. The van der Waals surface area contributed by atoms with Crippen molar-refractivity contribution < 1.29 is 0 Å². The molecule has 4 nitrogen and oxygen atoms in total. The summed E-state index contributed by atoms with van der Waals surface area (Å²) in [5, 5.41) is 6.45. The molecule has 0 atom stereocenters. The van der Waals surface area contributed by atoms with Gasteiger partial charge in [0, 0.05) is 19.3 Å². The van der Waals surface area contributed by atoms with Crippen LogP contribution in [0.5, 0.6) is 0 Å². The second-order valence-electron chi connectivity index (χ2n) is 4.59. The van der Waals surface area contributed by atoms with E-state index in [1.54, 1.807) is 6.20 Å². The van der Waals surface area contributed by atoms with E-state index in [1.165, 1.54) is 11.1 Å². The summed E-state index contributed by atoms with van der Waals surface area (Å²) in [6, 6.07) is 8.56. The summed E-state index contributed by atoms with van der Waals surface area (Å²) in [6.07, 6.45) is 2.73. The van der Waals surface area contributed by atoms with Crippen LogP contribution in [0.15, 0.2) is 34.9 Å². The maximum Gasteiger partial charge on any atom is 0.224 e. The summed E-state index contributed by atoms with van der Waals surface area (Å²) < 4.78 is 0.878. The van der Waals surface area contributed by atoms with Gasteiger partial charge >= 0.3 is 0 Å². The van der Waals surface area contributed by atoms with Gasteiger partial charge in [0.05, 0.1) is 4.47 Å². The largest absolute Gasteiger partial charge is 0.369 e. The molecule has 0 unspecified atom stereocenters. The Morgan fingerprint density at radius 1 is 1.25 bits per heavy atom. The first kappa shape index (κ1) is 14.8. The zero-order chi connectivity index (χ0) is 14.4. The van der Waals surface area contributed by atoms with Crippen molar-refractivity contribution in [3.05, 3.63) is 46.1 Å². The van der Waals surface area contributed by atoms with Crippen molar-refractivity contribution in [3.63, 3.8) is 0 Å². The zero-order valence-corrected chi connectivity index (χ0v) is 13.4. The standard InChI is InChI=1S/C15H19BrN4/c1-3-17-15-19-10-13(16)14(20-15)18-8-7-12-6-4-5-11(2)9-12/h4-6,9-10H,3,7-8H2,1-2H3,(H2,17,18,19,20). The predicted octanol–water partition coefficient (Wildman–Crippen LogP) is 3.63. The maximum atomic E-state index is 4.43. The number of rotatable bonds is 6. The molecule has 2 aromatic rings. The van der Waals surface area contributed by atoms with Crippen molar-refractivity contribution in [2.24, 2.45) is 0 Å². The Kier molecular flexibility index (Phi) is 5.35. The van der Waals surface area contributed by atoms with E-state index in [2.05, 4.69) is 67.7 Å². The summed E-state index contributed by atoms with van der Waals surface area (Å²) in [5.41, 5.74) is 2.62. The maximum absolute atomic E-state index is 4.43. The quantitative estimate of drug-likeness (QED) is 0.846. The Labute approximate surface area is 128 Å². The highest BCUT2D eigenvalue weighted by Crippen LogP contribution is 2.20. The Hall–Kier alpha value is -1.62. The van der Waals surface area contributed by atoms with Gasteiger partial charge in [-0.1, -0.05) is 29.8 Å². The Morgan fingerprint density at radius 3 is 2.85 bits per heavy atom. The molecule has 1 aromatic carbocycles. The minimum absolute atomic E-state index is 0.647. The normalized spacial score (nSPS) is 10.3. The SMILES string of the molecule is CCNc1ncc(Br)c(NCCc2cccc(C)c2)n1. The van der Waals surface area contributed by atoms with Crippen LogP contribution in [-0.4, -0.2) is 23.1 Å². The van der Waals surface area contributed by atoms with Crippen molar-refractivity contribution >= 4 is 27.7 Å². The number of hydrogen-bond donors (Lipinski definition) is 2. The number of aryl methyl sites for hydroxylation is 1. The summed E-state index contributed by atoms with van der Waals surface area (Å²) in [4.78, 5) is 8.63. The van der Waals surface area contributed by atoms with Crippen LogP contribution in [0, 0.1) is 6.92 Å². The van der Waals surface area contributed by atoms with Gasteiger partial charge in [-0.2, -0.15) is 4.98 Å². The smallest absolute Gasteiger partial charge is 0.224 e. The summed E-state index contributed by atoms with van der Waals surface area (Å²) in [6.45, 7) is 5.78. The van der Waals surface area contributed by atoms with Crippen LogP contribution in [0.1, 0.15) is 18.1 Å². The van der Waals surface area contributed by atoms with Crippen molar-refractivity contribution in [2.75, 3.05) is 23.7 Å². The zero-order valence-electron chi connectivity index (χ0n) is 11.8. The van der Waals surface area contributed by atoms with E-state index < -0.39 is 0 Å². The molecule has 0 saturated carbocycles. The fourth-order valence-corrected chi connectivity index (χ4v) is 2.26. The topological polar surface area (TPSA) is 49.8 Å². The van der Waals surface area contributed by atoms with Crippen LogP contribution in [0.3, 0.4) is 0 Å². The molecule has 1 aromatic heterocycles. The Morgan fingerprint density at radius 2 is 2.10 bits per heavy atom. The van der Waals surface area contributed by atoms with Gasteiger partial charge in [0.1, 0.15) is 5.82 Å². The average Bonchev–Trinajstić information content (AvgIpc) is 2.43. The first-order chi connectivity index (χ1) is 9.69. The fraction of sp³-hybridized carbons (Fsp3) is 0.333. The van der Waals surface area contributed by atoms with Gasteiger partial charge in [-0.05, 0) is 41.8 Å². The molecule has 1 heterocycles. The number of nitrogens with zero attached hydrogens (tertiary/aromatic N) is 2. The lowest BCUT2D eigenvalue weighted by atomic mass is 10.1. The molecular formula is C15H19BrN4. The van der Waals surface area contributed by atoms with E-state index in [-0.39, 0.29) is 0 Å². The van der Waals surface area contributed by atoms with Crippen LogP contribution in [-0.2, 0) is 6.42 Å². The third-order valence-corrected chi connectivity index (χ3v) is 3.45. The molecule has 106 valence electrons. The van der Waals surface area contributed by atoms with Crippen molar-refractivity contribution in [2.45, 2.75) is 20.3 Å². The average molecular weight is 335 g/mol. The first-order valence-electron chi connectivity index (χ1n) is 6.75. The van der Waals surface area contributed by atoms with Gasteiger partial charge in [0.25, 0.3) is 0 Å². The highest BCUT2D eigenvalue weighted by molar-refractivity contribution is 9.10. The Bertz CT molecular complexity index is 572. The van der Waals surface area contributed by atoms with E-state index in [0.29, 0.717) is 5.95 Å². The minimum Gasteiger partial charge on any atom is -0.369 e. The highest BCUT2D eigenvalue weighted by atomic mass is 79.9. The van der Waals surface area contributed by atoms with Crippen LogP contribution in [0.2, 0.25) is 0 Å². The van der Waals surface area contributed by atoms with E-state index in [4.69, 9.17) is 0 Å². The van der Waals surface area contributed by atoms with Gasteiger partial charge in [0.2, 0.25) is 5.95 Å². The molecule has 0 fully saturated rings. The Balaban J connectivity index is 1.95. The lowest BCUT2D eigenvalue weighted by Crippen LogP contribution is -2.09. The van der Waals surface area contributed by atoms with E-state index >= 15 is 0 Å². The second kappa shape index (κ2) is 7.24. The number of anilines is 2. The fourth-order valence-electron chi connectivity index (χ4n) is 1.93. The number of hydrogen-bond acceptors (Lipinski definition) is 4. The number of aromatic nitrogens is 2. The molecule has 0 saturated heterocycles. The number of halogens is 1. The summed E-state index contributed by atoms with van der Waals surface area (Å²) in [7, 11) is 0. The molecule has 0 aliphatic rings. The molecule has 0 aliphatic heterocycles. The summed E-state index contributed by atoms with van der Waals surface area (Å²) >= 11 is 3.46.